The second-order valence-electron chi connectivity index (χ2n) is 4.72. The standard InChI is InChI=1S/C17H13N3O2/c21-17(20-22)16-8-15(10-19-11-16)13-5-3-12(4-6-13)14-2-1-7-18-9-14/h1-11,22H,(H,20,21). The smallest absolute Gasteiger partial charge is 0.276 e. The van der Waals surface area contributed by atoms with Crippen LogP contribution in [0.25, 0.3) is 22.3 Å². The summed E-state index contributed by atoms with van der Waals surface area (Å²) in [7, 11) is 0. The van der Waals surface area contributed by atoms with Crippen molar-refractivity contribution in [3.05, 3.63) is 72.8 Å². The largest absolute Gasteiger partial charge is 0.288 e. The Morgan fingerprint density at radius 2 is 1.55 bits per heavy atom. The Labute approximate surface area is 127 Å². The molecule has 2 N–H and O–H groups in total. The summed E-state index contributed by atoms with van der Waals surface area (Å²) in [6, 6.07) is 13.5. The van der Waals surface area contributed by atoms with E-state index in [-0.39, 0.29) is 0 Å². The molecule has 5 heteroatoms. The van der Waals surface area contributed by atoms with Crippen LogP contribution in [-0.4, -0.2) is 21.1 Å². The van der Waals surface area contributed by atoms with E-state index in [9.17, 15) is 4.79 Å². The number of hydrogen-bond acceptors (Lipinski definition) is 4. The molecule has 22 heavy (non-hydrogen) atoms. The fraction of sp³-hybridized carbons (Fsp3) is 0. The van der Waals surface area contributed by atoms with Gasteiger partial charge in [0.15, 0.2) is 0 Å². The predicted molar refractivity (Wildman–Crippen MR) is 82.2 cm³/mol. The quantitative estimate of drug-likeness (QED) is 0.574. The first kappa shape index (κ1) is 13.9. The first-order chi connectivity index (χ1) is 10.8. The molecule has 2 heterocycles. The highest BCUT2D eigenvalue weighted by molar-refractivity contribution is 5.94. The number of carbonyl (C=O) groups is 1. The van der Waals surface area contributed by atoms with Gasteiger partial charge < -0.3 is 0 Å². The number of aromatic nitrogens is 2. The van der Waals surface area contributed by atoms with E-state index < -0.39 is 5.91 Å². The van der Waals surface area contributed by atoms with E-state index in [1.165, 1.54) is 6.20 Å². The van der Waals surface area contributed by atoms with Crippen LogP contribution in [0.3, 0.4) is 0 Å². The molecule has 5 nitrogen and oxygen atoms in total. The van der Waals surface area contributed by atoms with Crippen molar-refractivity contribution in [1.82, 2.24) is 15.4 Å². The average Bonchev–Trinajstić information content (AvgIpc) is 2.62. The van der Waals surface area contributed by atoms with Gasteiger partial charge in [0.2, 0.25) is 0 Å². The van der Waals surface area contributed by atoms with E-state index in [1.54, 1.807) is 23.9 Å². The number of hydroxylamine groups is 1. The van der Waals surface area contributed by atoms with Gasteiger partial charge in [-0.05, 0) is 28.8 Å². The van der Waals surface area contributed by atoms with Crippen LogP contribution >= 0.6 is 0 Å². The van der Waals surface area contributed by atoms with E-state index in [1.807, 2.05) is 42.6 Å². The van der Waals surface area contributed by atoms with Crippen LogP contribution in [0.2, 0.25) is 0 Å². The summed E-state index contributed by atoms with van der Waals surface area (Å²) in [6.07, 6.45) is 6.62. The lowest BCUT2D eigenvalue weighted by molar-refractivity contribution is 0.0706. The Bertz CT molecular complexity index is 787. The molecule has 0 saturated carbocycles. The number of benzene rings is 1. The zero-order chi connectivity index (χ0) is 15.4. The van der Waals surface area contributed by atoms with Gasteiger partial charge in [-0.25, -0.2) is 5.48 Å². The van der Waals surface area contributed by atoms with Crippen molar-refractivity contribution in [3.63, 3.8) is 0 Å². The third-order valence-electron chi connectivity index (χ3n) is 3.32. The molecule has 108 valence electrons. The fourth-order valence-corrected chi connectivity index (χ4v) is 2.18. The van der Waals surface area contributed by atoms with Crippen molar-refractivity contribution in [3.8, 4) is 22.3 Å². The van der Waals surface area contributed by atoms with Crippen molar-refractivity contribution in [2.24, 2.45) is 0 Å². The molecule has 3 aromatic rings. The summed E-state index contributed by atoms with van der Waals surface area (Å²) in [5.74, 6) is -0.582. The molecule has 0 radical (unpaired) electrons. The summed E-state index contributed by atoms with van der Waals surface area (Å²) in [5.41, 5.74) is 5.76. The van der Waals surface area contributed by atoms with E-state index in [2.05, 4.69) is 9.97 Å². The summed E-state index contributed by atoms with van der Waals surface area (Å²) >= 11 is 0. The highest BCUT2D eigenvalue weighted by atomic mass is 16.5. The summed E-state index contributed by atoms with van der Waals surface area (Å²) in [5, 5.41) is 8.68. The summed E-state index contributed by atoms with van der Waals surface area (Å²) in [6.45, 7) is 0. The topological polar surface area (TPSA) is 75.1 Å². The third kappa shape index (κ3) is 2.84. The number of pyridine rings is 2. The van der Waals surface area contributed by atoms with Gasteiger partial charge in [0.05, 0.1) is 5.56 Å². The van der Waals surface area contributed by atoms with E-state index in [0.717, 1.165) is 22.3 Å². The van der Waals surface area contributed by atoms with Gasteiger partial charge in [-0.15, -0.1) is 0 Å². The minimum atomic E-state index is -0.582. The Balaban J connectivity index is 1.92. The molecule has 0 saturated heterocycles. The molecule has 0 spiro atoms. The lowest BCUT2D eigenvalue weighted by atomic mass is 10.0. The first-order valence-corrected chi connectivity index (χ1v) is 6.68. The van der Waals surface area contributed by atoms with Crippen molar-refractivity contribution < 1.29 is 10.0 Å². The number of rotatable bonds is 3. The summed E-state index contributed by atoms with van der Waals surface area (Å²) < 4.78 is 0. The second kappa shape index (κ2) is 6.15. The van der Waals surface area contributed by atoms with Crippen LogP contribution in [0, 0.1) is 0 Å². The van der Waals surface area contributed by atoms with E-state index >= 15 is 0 Å². The average molecular weight is 291 g/mol. The molecule has 0 unspecified atom stereocenters. The second-order valence-corrected chi connectivity index (χ2v) is 4.72. The minimum absolute atomic E-state index is 0.302. The molecule has 0 aliphatic heterocycles. The lowest BCUT2D eigenvalue weighted by Gasteiger charge is -2.06. The molecule has 0 bridgehead atoms. The predicted octanol–water partition coefficient (Wildman–Crippen LogP) is 2.93. The fourth-order valence-electron chi connectivity index (χ4n) is 2.18. The van der Waals surface area contributed by atoms with Crippen LogP contribution < -0.4 is 5.48 Å². The molecule has 3 rings (SSSR count). The third-order valence-corrected chi connectivity index (χ3v) is 3.32. The van der Waals surface area contributed by atoms with Gasteiger partial charge in [0.25, 0.3) is 5.91 Å². The number of hydrogen-bond donors (Lipinski definition) is 2. The van der Waals surface area contributed by atoms with Gasteiger partial charge >= 0.3 is 0 Å². The van der Waals surface area contributed by atoms with Crippen LogP contribution in [0.1, 0.15) is 10.4 Å². The summed E-state index contributed by atoms with van der Waals surface area (Å²) in [4.78, 5) is 19.6. The molecule has 0 aliphatic rings. The highest BCUT2D eigenvalue weighted by Crippen LogP contribution is 2.24. The molecule has 1 aromatic carbocycles. The molecular weight excluding hydrogens is 278 g/mol. The van der Waals surface area contributed by atoms with Crippen LogP contribution in [-0.2, 0) is 0 Å². The van der Waals surface area contributed by atoms with Crippen LogP contribution in [0.15, 0.2) is 67.3 Å². The zero-order valence-electron chi connectivity index (χ0n) is 11.6. The van der Waals surface area contributed by atoms with Crippen LogP contribution in [0.4, 0.5) is 0 Å². The normalized spacial score (nSPS) is 10.2. The number of nitrogens with one attached hydrogen (secondary N) is 1. The molecule has 0 aliphatic carbocycles. The maximum absolute atomic E-state index is 11.4. The Kier molecular flexibility index (Phi) is 3.89. The molecule has 0 fully saturated rings. The maximum Gasteiger partial charge on any atom is 0.276 e. The lowest BCUT2D eigenvalue weighted by Crippen LogP contribution is -2.18. The maximum atomic E-state index is 11.4. The van der Waals surface area contributed by atoms with Gasteiger partial charge in [-0.3, -0.25) is 20.0 Å². The Morgan fingerprint density at radius 3 is 2.18 bits per heavy atom. The van der Waals surface area contributed by atoms with Crippen molar-refractivity contribution in [2.75, 3.05) is 0 Å². The van der Waals surface area contributed by atoms with Crippen LogP contribution in [0.5, 0.6) is 0 Å². The number of carbonyl (C=O) groups excluding carboxylic acids is 1. The molecular formula is C17H13N3O2. The van der Waals surface area contributed by atoms with Gasteiger partial charge in [0.1, 0.15) is 0 Å². The zero-order valence-corrected chi connectivity index (χ0v) is 11.6. The van der Waals surface area contributed by atoms with Gasteiger partial charge in [0, 0.05) is 30.4 Å². The molecule has 2 aromatic heterocycles. The van der Waals surface area contributed by atoms with E-state index in [4.69, 9.17) is 5.21 Å². The van der Waals surface area contributed by atoms with Crippen molar-refractivity contribution in [2.45, 2.75) is 0 Å². The minimum Gasteiger partial charge on any atom is -0.288 e. The Morgan fingerprint density at radius 1 is 0.864 bits per heavy atom. The van der Waals surface area contributed by atoms with Gasteiger partial charge in [-0.2, -0.15) is 0 Å². The Hall–Kier alpha value is -3.05. The first-order valence-electron chi connectivity index (χ1n) is 6.68. The van der Waals surface area contributed by atoms with E-state index in [0.29, 0.717) is 5.56 Å². The highest BCUT2D eigenvalue weighted by Gasteiger charge is 2.07. The van der Waals surface area contributed by atoms with Crippen molar-refractivity contribution in [1.29, 1.82) is 0 Å². The number of amides is 1. The molecule has 1 amide bonds. The van der Waals surface area contributed by atoms with Gasteiger partial charge in [-0.1, -0.05) is 30.3 Å². The molecule has 0 atom stereocenters. The van der Waals surface area contributed by atoms with Crippen molar-refractivity contribution >= 4 is 5.91 Å². The SMILES string of the molecule is O=C(NO)c1cncc(-c2ccc(-c3cccnc3)cc2)c1. The number of nitrogens with zero attached hydrogens (tertiary/aromatic N) is 2. The monoisotopic (exact) mass is 291 g/mol.